The average molecular weight is 332 g/mol. The van der Waals surface area contributed by atoms with Gasteiger partial charge >= 0.3 is 0 Å². The maximum Gasteiger partial charge on any atom is 0.145 e. The van der Waals surface area contributed by atoms with Crippen molar-refractivity contribution in [2.24, 2.45) is 4.99 Å². The van der Waals surface area contributed by atoms with Gasteiger partial charge in [-0.05, 0) is 44.4 Å². The zero-order chi connectivity index (χ0) is 16.5. The standard InChI is InChI=1S/C18H24N2O2S/c1-4-19-18-15(10-13-23-18)14(3)20-16-8-6-7-9-17(16)22-12-11-21-5-2/h6-10,13,19H,4-5,11-12H2,1-3H3. The Morgan fingerprint density at radius 2 is 2.00 bits per heavy atom. The first-order chi connectivity index (χ1) is 11.3. The van der Waals surface area contributed by atoms with Crippen molar-refractivity contribution in [3.8, 4) is 5.75 Å². The molecule has 0 aliphatic carbocycles. The van der Waals surface area contributed by atoms with Crippen molar-refractivity contribution in [2.75, 3.05) is 31.7 Å². The zero-order valence-electron chi connectivity index (χ0n) is 14.0. The monoisotopic (exact) mass is 332 g/mol. The topological polar surface area (TPSA) is 42.9 Å². The van der Waals surface area contributed by atoms with Crippen LogP contribution in [-0.2, 0) is 4.74 Å². The quantitative estimate of drug-likeness (QED) is 0.533. The van der Waals surface area contributed by atoms with Gasteiger partial charge in [-0.25, -0.2) is 4.99 Å². The van der Waals surface area contributed by atoms with Crippen molar-refractivity contribution in [3.05, 3.63) is 41.3 Å². The van der Waals surface area contributed by atoms with E-state index in [1.807, 2.05) is 38.1 Å². The highest BCUT2D eigenvalue weighted by molar-refractivity contribution is 7.14. The molecular formula is C18H24N2O2S. The fourth-order valence-corrected chi connectivity index (χ4v) is 3.07. The van der Waals surface area contributed by atoms with Crippen molar-refractivity contribution < 1.29 is 9.47 Å². The van der Waals surface area contributed by atoms with Gasteiger partial charge in [0.2, 0.25) is 0 Å². The number of anilines is 1. The summed E-state index contributed by atoms with van der Waals surface area (Å²) in [5, 5.41) is 6.61. The lowest BCUT2D eigenvalue weighted by atomic mass is 10.2. The molecule has 2 aromatic rings. The average Bonchev–Trinajstić information content (AvgIpc) is 3.02. The first-order valence-electron chi connectivity index (χ1n) is 7.92. The lowest BCUT2D eigenvalue weighted by Crippen LogP contribution is -2.06. The third-order valence-electron chi connectivity index (χ3n) is 3.24. The van der Waals surface area contributed by atoms with E-state index >= 15 is 0 Å². The smallest absolute Gasteiger partial charge is 0.145 e. The Kier molecular flexibility index (Phi) is 7.10. The molecular weight excluding hydrogens is 308 g/mol. The summed E-state index contributed by atoms with van der Waals surface area (Å²) in [4.78, 5) is 4.76. The molecule has 0 saturated carbocycles. The molecule has 124 valence electrons. The van der Waals surface area contributed by atoms with E-state index in [4.69, 9.17) is 14.5 Å². The number of ether oxygens (including phenoxy) is 2. The van der Waals surface area contributed by atoms with Crippen LogP contribution in [-0.4, -0.2) is 32.1 Å². The summed E-state index contributed by atoms with van der Waals surface area (Å²) in [5.41, 5.74) is 2.96. The molecule has 0 radical (unpaired) electrons. The van der Waals surface area contributed by atoms with E-state index in [2.05, 4.69) is 23.7 Å². The number of aliphatic imine (C=N–C) groups is 1. The van der Waals surface area contributed by atoms with Crippen molar-refractivity contribution in [2.45, 2.75) is 20.8 Å². The number of nitrogens with one attached hydrogen (secondary N) is 1. The highest BCUT2D eigenvalue weighted by atomic mass is 32.1. The zero-order valence-corrected chi connectivity index (χ0v) is 14.8. The summed E-state index contributed by atoms with van der Waals surface area (Å²) < 4.78 is 11.1. The van der Waals surface area contributed by atoms with Crippen LogP contribution in [0.2, 0.25) is 0 Å². The normalized spacial score (nSPS) is 11.5. The lowest BCUT2D eigenvalue weighted by molar-refractivity contribution is 0.110. The van der Waals surface area contributed by atoms with E-state index in [1.165, 1.54) is 0 Å². The number of hydrogen-bond acceptors (Lipinski definition) is 5. The summed E-state index contributed by atoms with van der Waals surface area (Å²) in [6.45, 7) is 8.82. The summed E-state index contributed by atoms with van der Waals surface area (Å²) in [6, 6.07) is 9.94. The fourth-order valence-electron chi connectivity index (χ4n) is 2.16. The van der Waals surface area contributed by atoms with Crippen LogP contribution >= 0.6 is 11.3 Å². The molecule has 0 unspecified atom stereocenters. The molecule has 0 amide bonds. The molecule has 0 fully saturated rings. The van der Waals surface area contributed by atoms with Gasteiger partial charge in [-0.15, -0.1) is 11.3 Å². The number of nitrogens with zero attached hydrogens (tertiary/aromatic N) is 1. The SMILES string of the molecule is CCNc1sccc1C(C)=Nc1ccccc1OCCOCC. The molecule has 0 atom stereocenters. The minimum atomic E-state index is 0.528. The van der Waals surface area contributed by atoms with E-state index in [9.17, 15) is 0 Å². The van der Waals surface area contributed by atoms with Crippen LogP contribution in [0.25, 0.3) is 0 Å². The summed E-state index contributed by atoms with van der Waals surface area (Å²) in [7, 11) is 0. The Morgan fingerprint density at radius 1 is 1.17 bits per heavy atom. The van der Waals surface area contributed by atoms with Crippen molar-refractivity contribution in [1.82, 2.24) is 0 Å². The predicted octanol–water partition coefficient (Wildman–Crippen LogP) is 4.74. The summed E-state index contributed by atoms with van der Waals surface area (Å²) >= 11 is 1.70. The molecule has 2 rings (SSSR count). The van der Waals surface area contributed by atoms with Crippen LogP contribution in [0, 0.1) is 0 Å². The highest BCUT2D eigenvalue weighted by Crippen LogP contribution is 2.30. The largest absolute Gasteiger partial charge is 0.489 e. The molecule has 0 bridgehead atoms. The van der Waals surface area contributed by atoms with Crippen LogP contribution in [0.1, 0.15) is 26.3 Å². The first kappa shape index (κ1) is 17.5. The van der Waals surface area contributed by atoms with Gasteiger partial charge in [0.05, 0.1) is 11.6 Å². The molecule has 4 nitrogen and oxygen atoms in total. The molecule has 0 aliphatic heterocycles. The van der Waals surface area contributed by atoms with Gasteiger partial charge in [-0.1, -0.05) is 12.1 Å². The maximum absolute atomic E-state index is 5.79. The van der Waals surface area contributed by atoms with Gasteiger partial charge in [0.15, 0.2) is 0 Å². The Morgan fingerprint density at radius 3 is 2.78 bits per heavy atom. The van der Waals surface area contributed by atoms with E-state index < -0.39 is 0 Å². The molecule has 1 N–H and O–H groups in total. The van der Waals surface area contributed by atoms with Crippen molar-refractivity contribution in [3.63, 3.8) is 0 Å². The van der Waals surface area contributed by atoms with E-state index in [0.29, 0.717) is 19.8 Å². The predicted molar refractivity (Wildman–Crippen MR) is 98.8 cm³/mol. The van der Waals surface area contributed by atoms with Gasteiger partial charge < -0.3 is 14.8 Å². The first-order valence-corrected chi connectivity index (χ1v) is 8.80. The Hall–Kier alpha value is -1.85. The van der Waals surface area contributed by atoms with Crippen LogP contribution in [0.4, 0.5) is 10.7 Å². The van der Waals surface area contributed by atoms with Crippen LogP contribution in [0.5, 0.6) is 5.75 Å². The molecule has 1 heterocycles. The summed E-state index contributed by atoms with van der Waals surface area (Å²) in [6.07, 6.45) is 0. The van der Waals surface area contributed by atoms with E-state index in [0.717, 1.165) is 34.3 Å². The minimum absolute atomic E-state index is 0.528. The molecule has 5 heteroatoms. The molecule has 23 heavy (non-hydrogen) atoms. The van der Waals surface area contributed by atoms with Crippen LogP contribution in [0.3, 0.4) is 0 Å². The second-order valence-corrected chi connectivity index (χ2v) is 5.82. The van der Waals surface area contributed by atoms with Gasteiger partial charge in [0.25, 0.3) is 0 Å². The lowest BCUT2D eigenvalue weighted by Gasteiger charge is -2.10. The minimum Gasteiger partial charge on any atom is -0.489 e. The number of benzene rings is 1. The number of rotatable bonds is 9. The highest BCUT2D eigenvalue weighted by Gasteiger charge is 2.08. The Bertz CT molecular complexity index is 637. The molecule has 0 spiro atoms. The van der Waals surface area contributed by atoms with E-state index in [1.54, 1.807) is 11.3 Å². The fraction of sp³-hybridized carbons (Fsp3) is 0.389. The molecule has 0 saturated heterocycles. The van der Waals surface area contributed by atoms with Gasteiger partial charge in [0, 0.05) is 24.4 Å². The number of hydrogen-bond donors (Lipinski definition) is 1. The van der Waals surface area contributed by atoms with Crippen molar-refractivity contribution >= 4 is 27.7 Å². The van der Waals surface area contributed by atoms with Gasteiger partial charge in [-0.3, -0.25) is 0 Å². The Balaban J connectivity index is 2.15. The van der Waals surface area contributed by atoms with Crippen molar-refractivity contribution in [1.29, 1.82) is 0 Å². The number of thiophene rings is 1. The third-order valence-corrected chi connectivity index (χ3v) is 4.11. The van der Waals surface area contributed by atoms with Gasteiger partial charge in [-0.2, -0.15) is 0 Å². The van der Waals surface area contributed by atoms with E-state index in [-0.39, 0.29) is 0 Å². The molecule has 1 aromatic heterocycles. The summed E-state index contributed by atoms with van der Waals surface area (Å²) in [5.74, 6) is 0.784. The second-order valence-electron chi connectivity index (χ2n) is 4.90. The maximum atomic E-state index is 5.79. The Labute approximate surface area is 142 Å². The molecule has 1 aromatic carbocycles. The molecule has 0 aliphatic rings. The third kappa shape index (κ3) is 5.08. The number of para-hydroxylation sites is 2. The van der Waals surface area contributed by atoms with Crippen LogP contribution < -0.4 is 10.1 Å². The van der Waals surface area contributed by atoms with Gasteiger partial charge in [0.1, 0.15) is 18.0 Å². The van der Waals surface area contributed by atoms with Crippen LogP contribution in [0.15, 0.2) is 40.7 Å². The second kappa shape index (κ2) is 9.33.